The fourth-order valence-corrected chi connectivity index (χ4v) is 6.00. The van der Waals surface area contributed by atoms with E-state index in [9.17, 15) is 4.79 Å². The van der Waals surface area contributed by atoms with Crippen LogP contribution in [0.5, 0.6) is 0 Å². The number of amides is 2. The Morgan fingerprint density at radius 2 is 1.93 bits per heavy atom. The van der Waals surface area contributed by atoms with E-state index in [0.29, 0.717) is 13.1 Å². The number of aryl methyl sites for hydroxylation is 2. The highest BCUT2D eigenvalue weighted by Crippen LogP contribution is 2.42. The van der Waals surface area contributed by atoms with E-state index in [1.807, 2.05) is 16.2 Å². The molecule has 1 aliphatic carbocycles. The lowest BCUT2D eigenvalue weighted by Crippen LogP contribution is -2.40. The van der Waals surface area contributed by atoms with Crippen molar-refractivity contribution in [1.82, 2.24) is 14.8 Å². The lowest BCUT2D eigenvalue weighted by atomic mass is 9.95. The van der Waals surface area contributed by atoms with Crippen LogP contribution in [0.25, 0.3) is 5.00 Å². The number of thiophene rings is 1. The predicted molar refractivity (Wildman–Crippen MR) is 118 cm³/mol. The molecule has 3 aromatic rings. The molecular formula is C24H27N3OS. The summed E-state index contributed by atoms with van der Waals surface area (Å²) in [5, 5.41) is 4.47. The van der Waals surface area contributed by atoms with Crippen molar-refractivity contribution in [3.8, 4) is 5.00 Å². The Kier molecular flexibility index (Phi) is 4.70. The molecule has 3 heterocycles. The minimum atomic E-state index is 0.00874. The largest absolute Gasteiger partial charge is 0.334 e. The molecule has 0 spiro atoms. The van der Waals surface area contributed by atoms with Gasteiger partial charge in [0.1, 0.15) is 5.00 Å². The Labute approximate surface area is 176 Å². The van der Waals surface area contributed by atoms with Gasteiger partial charge in [-0.05, 0) is 62.8 Å². The SMILES string of the molecule is Cc1ccc(CNC(=O)N2Cc3c(sc4c3CCCC4)-n3cccc3[C@H]2C)cc1. The van der Waals surface area contributed by atoms with Gasteiger partial charge in [-0.3, -0.25) is 0 Å². The molecule has 150 valence electrons. The fraction of sp³-hybridized carbons (Fsp3) is 0.375. The topological polar surface area (TPSA) is 37.3 Å². The van der Waals surface area contributed by atoms with Gasteiger partial charge in [-0.1, -0.05) is 29.8 Å². The zero-order valence-electron chi connectivity index (χ0n) is 17.1. The highest BCUT2D eigenvalue weighted by molar-refractivity contribution is 7.15. The third-order valence-electron chi connectivity index (χ3n) is 6.31. The summed E-state index contributed by atoms with van der Waals surface area (Å²) in [6, 6.07) is 12.6. The van der Waals surface area contributed by atoms with Gasteiger partial charge in [0.25, 0.3) is 0 Å². The van der Waals surface area contributed by atoms with Gasteiger partial charge in [-0.15, -0.1) is 11.3 Å². The van der Waals surface area contributed by atoms with Crippen molar-refractivity contribution in [3.63, 3.8) is 0 Å². The first-order chi connectivity index (χ1) is 14.1. The number of aromatic nitrogens is 1. The molecule has 1 N–H and O–H groups in total. The Balaban J connectivity index is 1.45. The van der Waals surface area contributed by atoms with Crippen molar-refractivity contribution in [2.45, 2.75) is 58.7 Å². The van der Waals surface area contributed by atoms with Crippen LogP contribution >= 0.6 is 11.3 Å². The van der Waals surface area contributed by atoms with Crippen molar-refractivity contribution in [1.29, 1.82) is 0 Å². The van der Waals surface area contributed by atoms with Crippen molar-refractivity contribution < 1.29 is 4.79 Å². The molecule has 5 heteroatoms. The normalized spacial score (nSPS) is 17.9. The maximum atomic E-state index is 13.2. The quantitative estimate of drug-likeness (QED) is 0.599. The number of carbonyl (C=O) groups is 1. The van der Waals surface area contributed by atoms with Crippen molar-refractivity contribution in [2.75, 3.05) is 0 Å². The molecule has 0 saturated carbocycles. The lowest BCUT2D eigenvalue weighted by molar-refractivity contribution is 0.174. The zero-order valence-corrected chi connectivity index (χ0v) is 17.9. The summed E-state index contributed by atoms with van der Waals surface area (Å²) >= 11 is 1.93. The molecule has 2 aromatic heterocycles. The van der Waals surface area contributed by atoms with Gasteiger partial charge in [-0.25, -0.2) is 4.79 Å². The Hall–Kier alpha value is -2.53. The maximum absolute atomic E-state index is 13.2. The summed E-state index contributed by atoms with van der Waals surface area (Å²) in [4.78, 5) is 16.8. The highest BCUT2D eigenvalue weighted by Gasteiger charge is 2.32. The van der Waals surface area contributed by atoms with Gasteiger partial charge in [0.15, 0.2) is 0 Å². The van der Waals surface area contributed by atoms with Crippen LogP contribution in [0, 0.1) is 6.92 Å². The summed E-state index contributed by atoms with van der Waals surface area (Å²) in [6.07, 6.45) is 7.01. The van der Waals surface area contributed by atoms with E-state index in [1.54, 1.807) is 0 Å². The van der Waals surface area contributed by atoms with E-state index in [1.165, 1.54) is 51.5 Å². The van der Waals surface area contributed by atoms with E-state index in [0.717, 1.165) is 12.0 Å². The number of hydrogen-bond donors (Lipinski definition) is 1. The summed E-state index contributed by atoms with van der Waals surface area (Å²) in [7, 11) is 0. The standard InChI is InChI=1S/C24H27N3OS/c1-16-9-11-18(12-10-16)14-25-24(28)27-15-20-19-6-3-4-8-22(19)29-23(20)26-13-5-7-21(26)17(27)2/h5,7,9-13,17H,3-4,6,8,14-15H2,1-2H3,(H,25,28)/t17-/m1/s1. The smallest absolute Gasteiger partial charge is 0.318 e. The second kappa shape index (κ2) is 7.38. The molecule has 29 heavy (non-hydrogen) atoms. The van der Waals surface area contributed by atoms with Crippen LogP contribution in [0.15, 0.2) is 42.6 Å². The number of benzene rings is 1. The van der Waals surface area contributed by atoms with E-state index in [-0.39, 0.29) is 12.1 Å². The molecule has 4 nitrogen and oxygen atoms in total. The van der Waals surface area contributed by atoms with Crippen molar-refractivity contribution in [3.05, 3.63) is 75.4 Å². The molecule has 1 aromatic carbocycles. The first kappa shape index (κ1) is 18.5. The monoisotopic (exact) mass is 405 g/mol. The van der Waals surface area contributed by atoms with E-state index in [2.05, 4.69) is 66.3 Å². The van der Waals surface area contributed by atoms with Crippen LogP contribution < -0.4 is 5.32 Å². The summed E-state index contributed by atoms with van der Waals surface area (Å²) in [5.74, 6) is 0. The second-order valence-corrected chi connectivity index (χ2v) is 9.33. The molecule has 1 atom stereocenters. The molecule has 0 saturated heterocycles. The first-order valence-corrected chi connectivity index (χ1v) is 11.3. The Bertz CT molecular complexity index is 1050. The minimum Gasteiger partial charge on any atom is -0.334 e. The molecule has 0 fully saturated rings. The van der Waals surface area contributed by atoms with Crippen LogP contribution in [-0.4, -0.2) is 15.5 Å². The van der Waals surface area contributed by atoms with Crippen LogP contribution in [0.3, 0.4) is 0 Å². The average molecular weight is 406 g/mol. The zero-order chi connectivity index (χ0) is 20.0. The maximum Gasteiger partial charge on any atom is 0.318 e. The fourth-order valence-electron chi connectivity index (χ4n) is 4.59. The number of rotatable bonds is 2. The van der Waals surface area contributed by atoms with Crippen LogP contribution in [0.1, 0.15) is 58.6 Å². The third-order valence-corrected chi connectivity index (χ3v) is 7.64. The summed E-state index contributed by atoms with van der Waals surface area (Å²) in [6.45, 7) is 5.46. The van der Waals surface area contributed by atoms with E-state index < -0.39 is 0 Å². The lowest BCUT2D eigenvalue weighted by Gasteiger charge is -2.28. The number of nitrogens with zero attached hydrogens (tertiary/aromatic N) is 2. The highest BCUT2D eigenvalue weighted by atomic mass is 32.1. The molecule has 2 amide bonds. The molecule has 0 unspecified atom stereocenters. The van der Waals surface area contributed by atoms with Crippen LogP contribution in [-0.2, 0) is 25.9 Å². The molecule has 5 rings (SSSR count). The number of urea groups is 1. The van der Waals surface area contributed by atoms with Gasteiger partial charge in [-0.2, -0.15) is 0 Å². The van der Waals surface area contributed by atoms with Gasteiger partial charge >= 0.3 is 6.03 Å². The van der Waals surface area contributed by atoms with Crippen molar-refractivity contribution >= 4 is 17.4 Å². The predicted octanol–water partition coefficient (Wildman–Crippen LogP) is 5.51. The summed E-state index contributed by atoms with van der Waals surface area (Å²) in [5.41, 5.74) is 6.41. The molecule has 2 aliphatic rings. The average Bonchev–Trinajstić information content (AvgIpc) is 3.33. The Morgan fingerprint density at radius 3 is 2.76 bits per heavy atom. The number of nitrogens with one attached hydrogen (secondary N) is 1. The third kappa shape index (κ3) is 3.27. The number of carbonyl (C=O) groups excluding carboxylic acids is 1. The van der Waals surface area contributed by atoms with Crippen LogP contribution in [0.4, 0.5) is 4.79 Å². The molecule has 0 bridgehead atoms. The van der Waals surface area contributed by atoms with Gasteiger partial charge in [0.05, 0.1) is 12.6 Å². The van der Waals surface area contributed by atoms with Crippen LogP contribution in [0.2, 0.25) is 0 Å². The Morgan fingerprint density at radius 1 is 1.14 bits per heavy atom. The second-order valence-electron chi connectivity index (χ2n) is 8.25. The number of hydrogen-bond acceptors (Lipinski definition) is 2. The molecule has 1 aliphatic heterocycles. The number of fused-ring (bicyclic) bond motifs is 5. The van der Waals surface area contributed by atoms with Gasteiger partial charge in [0, 0.05) is 28.9 Å². The van der Waals surface area contributed by atoms with Gasteiger partial charge in [0.2, 0.25) is 0 Å². The molecule has 0 radical (unpaired) electrons. The minimum absolute atomic E-state index is 0.00874. The summed E-state index contributed by atoms with van der Waals surface area (Å²) < 4.78 is 2.32. The van der Waals surface area contributed by atoms with E-state index >= 15 is 0 Å². The first-order valence-electron chi connectivity index (χ1n) is 10.5. The molecular weight excluding hydrogens is 378 g/mol. The van der Waals surface area contributed by atoms with Crippen molar-refractivity contribution in [2.24, 2.45) is 0 Å². The van der Waals surface area contributed by atoms with E-state index in [4.69, 9.17) is 0 Å². The van der Waals surface area contributed by atoms with Gasteiger partial charge < -0.3 is 14.8 Å².